The van der Waals surface area contributed by atoms with Gasteiger partial charge in [0.2, 0.25) is 0 Å². The lowest BCUT2D eigenvalue weighted by atomic mass is 9.86. The average Bonchev–Trinajstić information content (AvgIpc) is 2.05. The van der Waals surface area contributed by atoms with Crippen molar-refractivity contribution < 1.29 is 4.74 Å². The van der Waals surface area contributed by atoms with Crippen LogP contribution in [0.15, 0.2) is 0 Å². The monoisotopic (exact) mass is 234 g/mol. The number of halogens is 1. The Balaban J connectivity index is 2.06. The molecular formula is C10H19BrO. The minimum Gasteiger partial charge on any atom is -0.385 e. The van der Waals surface area contributed by atoms with Gasteiger partial charge >= 0.3 is 0 Å². The molecule has 72 valence electrons. The molecule has 0 bridgehead atoms. The fraction of sp³-hybridized carbons (Fsp3) is 1.00. The summed E-state index contributed by atoms with van der Waals surface area (Å²) in [6, 6.07) is 0. The third-order valence-electron chi connectivity index (χ3n) is 2.68. The van der Waals surface area contributed by atoms with Gasteiger partial charge < -0.3 is 4.74 Å². The van der Waals surface area contributed by atoms with Gasteiger partial charge in [-0.1, -0.05) is 28.8 Å². The van der Waals surface area contributed by atoms with Gasteiger partial charge in [-0.15, -0.1) is 0 Å². The standard InChI is InChI=1S/C10H19BrO/c1-12-7-3-5-9-4-2-6-10(11)8-9/h9-10H,2-8H2,1H3. The Bertz CT molecular complexity index is 116. The second-order valence-electron chi connectivity index (χ2n) is 3.76. The first-order valence-corrected chi connectivity index (χ1v) is 5.87. The SMILES string of the molecule is COCCCC1CCCC(Br)C1. The normalized spacial score (nSPS) is 30.5. The third-order valence-corrected chi connectivity index (χ3v) is 3.51. The van der Waals surface area contributed by atoms with E-state index in [0.29, 0.717) is 0 Å². The van der Waals surface area contributed by atoms with Crippen LogP contribution in [-0.2, 0) is 4.74 Å². The van der Waals surface area contributed by atoms with Gasteiger partial charge in [-0.3, -0.25) is 0 Å². The predicted octanol–water partition coefficient (Wildman–Crippen LogP) is 3.37. The number of hydrogen-bond acceptors (Lipinski definition) is 1. The molecule has 0 aliphatic heterocycles. The van der Waals surface area contributed by atoms with Crippen molar-refractivity contribution in [3.8, 4) is 0 Å². The average molecular weight is 235 g/mol. The molecule has 0 heterocycles. The summed E-state index contributed by atoms with van der Waals surface area (Å²) in [6.45, 7) is 0.934. The van der Waals surface area contributed by atoms with E-state index in [-0.39, 0.29) is 0 Å². The van der Waals surface area contributed by atoms with Crippen LogP contribution in [0.1, 0.15) is 38.5 Å². The molecule has 1 aliphatic rings. The summed E-state index contributed by atoms with van der Waals surface area (Å²) >= 11 is 3.71. The van der Waals surface area contributed by atoms with E-state index < -0.39 is 0 Å². The second-order valence-corrected chi connectivity index (χ2v) is 5.06. The van der Waals surface area contributed by atoms with Gasteiger partial charge in [-0.05, 0) is 31.6 Å². The van der Waals surface area contributed by atoms with Crippen LogP contribution in [0.2, 0.25) is 0 Å². The predicted molar refractivity (Wildman–Crippen MR) is 55.8 cm³/mol. The van der Waals surface area contributed by atoms with E-state index in [4.69, 9.17) is 4.74 Å². The molecule has 2 atom stereocenters. The van der Waals surface area contributed by atoms with Crippen LogP contribution < -0.4 is 0 Å². The van der Waals surface area contributed by atoms with Crippen LogP contribution in [0, 0.1) is 5.92 Å². The molecule has 2 unspecified atom stereocenters. The van der Waals surface area contributed by atoms with E-state index in [1.54, 1.807) is 7.11 Å². The first-order valence-electron chi connectivity index (χ1n) is 4.96. The topological polar surface area (TPSA) is 9.23 Å². The van der Waals surface area contributed by atoms with Gasteiger partial charge in [-0.2, -0.15) is 0 Å². The molecule has 1 fully saturated rings. The number of methoxy groups -OCH3 is 1. The Morgan fingerprint density at radius 2 is 2.25 bits per heavy atom. The molecule has 0 radical (unpaired) electrons. The summed E-state index contributed by atoms with van der Waals surface area (Å²) in [5.74, 6) is 0.957. The molecule has 0 amide bonds. The van der Waals surface area contributed by atoms with Crippen LogP contribution in [-0.4, -0.2) is 18.5 Å². The summed E-state index contributed by atoms with van der Waals surface area (Å²) in [4.78, 5) is 0.791. The maximum atomic E-state index is 5.05. The minimum absolute atomic E-state index is 0.791. The highest BCUT2D eigenvalue weighted by molar-refractivity contribution is 9.09. The molecule has 0 N–H and O–H groups in total. The lowest BCUT2D eigenvalue weighted by Crippen LogP contribution is -2.15. The molecule has 2 heteroatoms. The Morgan fingerprint density at radius 3 is 2.92 bits per heavy atom. The van der Waals surface area contributed by atoms with E-state index in [1.807, 2.05) is 0 Å². The first kappa shape index (κ1) is 10.5. The fourth-order valence-electron chi connectivity index (χ4n) is 2.00. The molecule has 0 aromatic rings. The molecule has 1 rings (SSSR count). The van der Waals surface area contributed by atoms with Crippen molar-refractivity contribution in [1.29, 1.82) is 0 Å². The van der Waals surface area contributed by atoms with Gasteiger partial charge in [-0.25, -0.2) is 0 Å². The number of hydrogen-bond donors (Lipinski definition) is 0. The molecule has 12 heavy (non-hydrogen) atoms. The van der Waals surface area contributed by atoms with Crippen molar-refractivity contribution in [2.75, 3.05) is 13.7 Å². The van der Waals surface area contributed by atoms with E-state index >= 15 is 0 Å². The van der Waals surface area contributed by atoms with Crippen LogP contribution in [0.5, 0.6) is 0 Å². The van der Waals surface area contributed by atoms with Crippen molar-refractivity contribution in [2.24, 2.45) is 5.92 Å². The van der Waals surface area contributed by atoms with Crippen molar-refractivity contribution in [3.63, 3.8) is 0 Å². The van der Waals surface area contributed by atoms with E-state index in [2.05, 4.69) is 15.9 Å². The van der Waals surface area contributed by atoms with E-state index in [1.165, 1.54) is 38.5 Å². The maximum Gasteiger partial charge on any atom is 0.0462 e. The smallest absolute Gasteiger partial charge is 0.0462 e. The molecule has 1 aliphatic carbocycles. The maximum absolute atomic E-state index is 5.05. The highest BCUT2D eigenvalue weighted by Gasteiger charge is 2.18. The van der Waals surface area contributed by atoms with Crippen molar-refractivity contribution in [1.82, 2.24) is 0 Å². The number of rotatable bonds is 4. The van der Waals surface area contributed by atoms with E-state index in [0.717, 1.165) is 17.4 Å². The molecule has 0 saturated heterocycles. The van der Waals surface area contributed by atoms with Crippen molar-refractivity contribution in [2.45, 2.75) is 43.4 Å². The van der Waals surface area contributed by atoms with Crippen LogP contribution in [0.3, 0.4) is 0 Å². The summed E-state index contributed by atoms with van der Waals surface area (Å²) in [5, 5.41) is 0. The summed E-state index contributed by atoms with van der Waals surface area (Å²) < 4.78 is 5.05. The molecule has 1 nitrogen and oxygen atoms in total. The van der Waals surface area contributed by atoms with Crippen molar-refractivity contribution >= 4 is 15.9 Å². The van der Waals surface area contributed by atoms with Gasteiger partial charge in [0.1, 0.15) is 0 Å². The Morgan fingerprint density at radius 1 is 1.42 bits per heavy atom. The van der Waals surface area contributed by atoms with Gasteiger partial charge in [0.25, 0.3) is 0 Å². The van der Waals surface area contributed by atoms with Crippen LogP contribution in [0.25, 0.3) is 0 Å². The minimum atomic E-state index is 0.791. The summed E-state index contributed by atoms with van der Waals surface area (Å²) in [7, 11) is 1.79. The molecule has 0 aromatic heterocycles. The highest BCUT2D eigenvalue weighted by Crippen LogP contribution is 2.31. The van der Waals surface area contributed by atoms with Crippen molar-refractivity contribution in [3.05, 3.63) is 0 Å². The zero-order chi connectivity index (χ0) is 8.81. The molecule has 0 aromatic carbocycles. The highest BCUT2D eigenvalue weighted by atomic mass is 79.9. The van der Waals surface area contributed by atoms with Crippen LogP contribution in [0.4, 0.5) is 0 Å². The lowest BCUT2D eigenvalue weighted by molar-refractivity contribution is 0.182. The van der Waals surface area contributed by atoms with Crippen LogP contribution >= 0.6 is 15.9 Å². The quantitative estimate of drug-likeness (QED) is 0.536. The molecular weight excluding hydrogens is 216 g/mol. The number of ether oxygens (including phenoxy) is 1. The van der Waals surface area contributed by atoms with Gasteiger partial charge in [0.15, 0.2) is 0 Å². The summed E-state index contributed by atoms with van der Waals surface area (Å²) in [6.07, 6.45) is 8.20. The lowest BCUT2D eigenvalue weighted by Gasteiger charge is -2.25. The molecule has 0 spiro atoms. The van der Waals surface area contributed by atoms with E-state index in [9.17, 15) is 0 Å². The largest absolute Gasteiger partial charge is 0.385 e. The zero-order valence-electron chi connectivity index (χ0n) is 7.89. The molecule has 1 saturated carbocycles. The summed E-state index contributed by atoms with van der Waals surface area (Å²) in [5.41, 5.74) is 0. The first-order chi connectivity index (χ1) is 5.83. The Hall–Kier alpha value is 0.440. The third kappa shape index (κ3) is 3.90. The Labute approximate surface area is 84.0 Å². The van der Waals surface area contributed by atoms with Gasteiger partial charge in [0.05, 0.1) is 0 Å². The second kappa shape index (κ2) is 5.98. The fourth-order valence-corrected chi connectivity index (χ4v) is 2.86. The van der Waals surface area contributed by atoms with Gasteiger partial charge in [0, 0.05) is 18.5 Å². The number of alkyl halides is 1. The zero-order valence-corrected chi connectivity index (χ0v) is 9.48. The Kier molecular flexibility index (Phi) is 5.24.